The van der Waals surface area contributed by atoms with Gasteiger partial charge in [-0.05, 0) is 12.8 Å². The highest BCUT2D eigenvalue weighted by molar-refractivity contribution is 9.09. The van der Waals surface area contributed by atoms with Crippen LogP contribution in [0.25, 0.3) is 0 Å². The van der Waals surface area contributed by atoms with Gasteiger partial charge in [-0.25, -0.2) is 0 Å². The quantitative estimate of drug-likeness (QED) is 0.508. The molecule has 1 fully saturated rings. The van der Waals surface area contributed by atoms with Crippen LogP contribution in [0.4, 0.5) is 0 Å². The standard InChI is InChI=1S/C8H15BrO/c1-8(6-10-7-8)4-2-3-5-9/h2-7H2,1H3. The molecule has 0 aromatic carbocycles. The van der Waals surface area contributed by atoms with E-state index in [4.69, 9.17) is 4.74 Å². The van der Waals surface area contributed by atoms with Crippen LogP contribution in [-0.4, -0.2) is 18.5 Å². The zero-order valence-electron chi connectivity index (χ0n) is 6.53. The third-order valence-electron chi connectivity index (χ3n) is 2.07. The average molecular weight is 207 g/mol. The molecular formula is C8H15BrO. The third kappa shape index (κ3) is 2.24. The predicted molar refractivity (Wildman–Crippen MR) is 46.6 cm³/mol. The molecule has 1 aliphatic rings. The van der Waals surface area contributed by atoms with Crippen LogP contribution in [0.15, 0.2) is 0 Å². The number of alkyl halides is 1. The lowest BCUT2D eigenvalue weighted by Gasteiger charge is -2.38. The van der Waals surface area contributed by atoms with Crippen LogP contribution < -0.4 is 0 Å². The van der Waals surface area contributed by atoms with Gasteiger partial charge in [0.15, 0.2) is 0 Å². The van der Waals surface area contributed by atoms with Crippen molar-refractivity contribution in [3.63, 3.8) is 0 Å². The van der Waals surface area contributed by atoms with Gasteiger partial charge in [-0.3, -0.25) is 0 Å². The summed E-state index contributed by atoms with van der Waals surface area (Å²) in [5.74, 6) is 0. The number of rotatable bonds is 4. The predicted octanol–water partition coefficient (Wildman–Crippen LogP) is 2.59. The number of halogens is 1. The van der Waals surface area contributed by atoms with Crippen molar-refractivity contribution in [3.05, 3.63) is 0 Å². The minimum absolute atomic E-state index is 0.530. The molecule has 0 aromatic heterocycles. The molecule has 1 rings (SSSR count). The van der Waals surface area contributed by atoms with Gasteiger partial charge in [0.2, 0.25) is 0 Å². The second-order valence-corrected chi connectivity index (χ2v) is 4.24. The Morgan fingerprint density at radius 1 is 1.40 bits per heavy atom. The highest BCUT2D eigenvalue weighted by Gasteiger charge is 2.32. The summed E-state index contributed by atoms with van der Waals surface area (Å²) in [4.78, 5) is 0. The summed E-state index contributed by atoms with van der Waals surface area (Å²) in [6.07, 6.45) is 3.97. The fraction of sp³-hybridized carbons (Fsp3) is 1.00. The Morgan fingerprint density at radius 2 is 2.10 bits per heavy atom. The first-order valence-corrected chi connectivity index (χ1v) is 5.03. The van der Waals surface area contributed by atoms with Crippen molar-refractivity contribution in [2.24, 2.45) is 5.41 Å². The minimum Gasteiger partial charge on any atom is -0.380 e. The highest BCUT2D eigenvalue weighted by Crippen LogP contribution is 2.32. The highest BCUT2D eigenvalue weighted by atomic mass is 79.9. The maximum atomic E-state index is 5.16. The first-order valence-electron chi connectivity index (χ1n) is 3.91. The first-order chi connectivity index (χ1) is 4.77. The number of hydrogen-bond acceptors (Lipinski definition) is 1. The summed E-state index contributed by atoms with van der Waals surface area (Å²) in [6, 6.07) is 0. The van der Waals surface area contributed by atoms with Crippen LogP contribution in [0.2, 0.25) is 0 Å². The Balaban J connectivity index is 2.01. The van der Waals surface area contributed by atoms with E-state index < -0.39 is 0 Å². The minimum atomic E-state index is 0.530. The molecule has 1 saturated heterocycles. The molecule has 60 valence electrons. The third-order valence-corrected chi connectivity index (χ3v) is 2.63. The van der Waals surface area contributed by atoms with Gasteiger partial charge in [0.25, 0.3) is 0 Å². The topological polar surface area (TPSA) is 9.23 Å². The lowest BCUT2D eigenvalue weighted by Crippen LogP contribution is -2.39. The summed E-state index contributed by atoms with van der Waals surface area (Å²) in [5.41, 5.74) is 0.530. The van der Waals surface area contributed by atoms with Gasteiger partial charge in [0, 0.05) is 10.7 Å². The van der Waals surface area contributed by atoms with Crippen molar-refractivity contribution in [3.8, 4) is 0 Å². The molecule has 10 heavy (non-hydrogen) atoms. The van der Waals surface area contributed by atoms with Crippen molar-refractivity contribution in [1.82, 2.24) is 0 Å². The van der Waals surface area contributed by atoms with E-state index in [2.05, 4.69) is 22.9 Å². The fourth-order valence-electron chi connectivity index (χ4n) is 1.24. The lowest BCUT2D eigenvalue weighted by atomic mass is 9.83. The van der Waals surface area contributed by atoms with Crippen molar-refractivity contribution in [2.45, 2.75) is 26.2 Å². The van der Waals surface area contributed by atoms with Crippen LogP contribution in [0.3, 0.4) is 0 Å². The molecule has 0 saturated carbocycles. The van der Waals surface area contributed by atoms with E-state index in [-0.39, 0.29) is 0 Å². The first kappa shape index (κ1) is 8.54. The molecule has 0 radical (unpaired) electrons. The van der Waals surface area contributed by atoms with Gasteiger partial charge in [0.1, 0.15) is 0 Å². The molecule has 0 N–H and O–H groups in total. The van der Waals surface area contributed by atoms with E-state index in [0.29, 0.717) is 5.41 Å². The molecule has 1 nitrogen and oxygen atoms in total. The number of hydrogen-bond donors (Lipinski definition) is 0. The van der Waals surface area contributed by atoms with Crippen LogP contribution in [-0.2, 0) is 4.74 Å². The summed E-state index contributed by atoms with van der Waals surface area (Å²) in [5, 5.41) is 1.14. The van der Waals surface area contributed by atoms with Gasteiger partial charge in [0.05, 0.1) is 13.2 Å². The Hall–Kier alpha value is 0.440. The summed E-state index contributed by atoms with van der Waals surface area (Å²) < 4.78 is 5.16. The Bertz CT molecular complexity index is 99.4. The van der Waals surface area contributed by atoms with Crippen LogP contribution in [0, 0.1) is 5.41 Å². The van der Waals surface area contributed by atoms with Crippen molar-refractivity contribution < 1.29 is 4.74 Å². The molecule has 1 aliphatic heterocycles. The molecule has 0 bridgehead atoms. The van der Waals surface area contributed by atoms with E-state index in [9.17, 15) is 0 Å². The van der Waals surface area contributed by atoms with Gasteiger partial charge in [-0.2, -0.15) is 0 Å². The van der Waals surface area contributed by atoms with E-state index in [1.54, 1.807) is 0 Å². The van der Waals surface area contributed by atoms with Gasteiger partial charge in [-0.15, -0.1) is 0 Å². The Kier molecular flexibility index (Phi) is 3.18. The molecule has 2 heteroatoms. The van der Waals surface area contributed by atoms with Crippen LogP contribution >= 0.6 is 15.9 Å². The second kappa shape index (κ2) is 3.72. The maximum absolute atomic E-state index is 5.16. The van der Waals surface area contributed by atoms with Gasteiger partial charge in [-0.1, -0.05) is 29.3 Å². The van der Waals surface area contributed by atoms with E-state index >= 15 is 0 Å². The normalized spacial score (nSPS) is 22.2. The maximum Gasteiger partial charge on any atom is 0.0542 e. The zero-order chi connectivity index (χ0) is 7.45. The largest absolute Gasteiger partial charge is 0.380 e. The van der Waals surface area contributed by atoms with Crippen molar-refractivity contribution in [1.29, 1.82) is 0 Å². The Morgan fingerprint density at radius 3 is 2.50 bits per heavy atom. The van der Waals surface area contributed by atoms with Gasteiger partial charge < -0.3 is 4.74 Å². The van der Waals surface area contributed by atoms with Crippen molar-refractivity contribution in [2.75, 3.05) is 18.5 Å². The smallest absolute Gasteiger partial charge is 0.0542 e. The summed E-state index contributed by atoms with van der Waals surface area (Å²) in [6.45, 7) is 4.27. The summed E-state index contributed by atoms with van der Waals surface area (Å²) >= 11 is 3.43. The van der Waals surface area contributed by atoms with Crippen LogP contribution in [0.1, 0.15) is 26.2 Å². The SMILES string of the molecule is CC1(CCCCBr)COC1. The Labute approximate surface area is 71.3 Å². The van der Waals surface area contributed by atoms with Crippen molar-refractivity contribution >= 4 is 15.9 Å². The molecular weight excluding hydrogens is 192 g/mol. The zero-order valence-corrected chi connectivity index (χ0v) is 8.11. The molecule has 0 spiro atoms. The van der Waals surface area contributed by atoms with Gasteiger partial charge >= 0.3 is 0 Å². The molecule has 0 amide bonds. The molecule has 1 heterocycles. The van der Waals surface area contributed by atoms with E-state index in [1.807, 2.05) is 0 Å². The summed E-state index contributed by atoms with van der Waals surface area (Å²) in [7, 11) is 0. The average Bonchev–Trinajstić information content (AvgIpc) is 1.85. The van der Waals surface area contributed by atoms with E-state index in [0.717, 1.165) is 18.5 Å². The van der Waals surface area contributed by atoms with E-state index in [1.165, 1.54) is 19.3 Å². The van der Waals surface area contributed by atoms with Crippen LogP contribution in [0.5, 0.6) is 0 Å². The number of ether oxygens (including phenoxy) is 1. The number of unbranched alkanes of at least 4 members (excludes halogenated alkanes) is 1. The lowest BCUT2D eigenvalue weighted by molar-refractivity contribution is -0.106. The molecule has 0 aromatic rings. The monoisotopic (exact) mass is 206 g/mol. The second-order valence-electron chi connectivity index (χ2n) is 3.45. The molecule has 0 unspecified atom stereocenters. The molecule has 0 aliphatic carbocycles. The fourth-order valence-corrected chi connectivity index (χ4v) is 1.64. The molecule has 0 atom stereocenters.